The van der Waals surface area contributed by atoms with Crippen LogP contribution in [0.1, 0.15) is 46.6 Å². The second kappa shape index (κ2) is 10.6. The number of hydrogen-bond donors (Lipinski definition) is 1. The summed E-state index contributed by atoms with van der Waals surface area (Å²) in [4.78, 5) is 17.0. The van der Waals surface area contributed by atoms with E-state index in [1.807, 2.05) is 55.5 Å². The van der Waals surface area contributed by atoms with Crippen LogP contribution in [0.2, 0.25) is 5.02 Å². The molecule has 0 unspecified atom stereocenters. The fraction of sp³-hybridized carbons (Fsp3) is 0.259. The standard InChI is InChI=1S/C27H27ClFN3O/c1-19-9-7-10-20(17-19)27(33)30-16-6-2-3-15-26-31-24-13-4-5-14-25(24)32(26)18-21-22(28)11-8-12-23(21)29/h4-5,7-14,17H,2-3,6,15-16,18H2,1H3,(H,30,33). The maximum absolute atomic E-state index is 14.4. The lowest BCUT2D eigenvalue weighted by Crippen LogP contribution is -2.24. The Hall–Kier alpha value is -3.18. The molecule has 0 saturated heterocycles. The Morgan fingerprint density at radius 1 is 1.03 bits per heavy atom. The second-order valence-corrected chi connectivity index (χ2v) is 8.65. The highest BCUT2D eigenvalue weighted by atomic mass is 35.5. The van der Waals surface area contributed by atoms with E-state index in [1.165, 1.54) is 6.07 Å². The average Bonchev–Trinajstić information content (AvgIpc) is 3.15. The Kier molecular flexibility index (Phi) is 7.40. The van der Waals surface area contributed by atoms with Crippen LogP contribution in [0.3, 0.4) is 0 Å². The highest BCUT2D eigenvalue weighted by Gasteiger charge is 2.14. The van der Waals surface area contributed by atoms with E-state index < -0.39 is 0 Å². The number of para-hydroxylation sites is 2. The van der Waals surface area contributed by atoms with Gasteiger partial charge in [-0.05, 0) is 56.2 Å². The number of fused-ring (bicyclic) bond motifs is 1. The molecule has 0 spiro atoms. The monoisotopic (exact) mass is 463 g/mol. The molecule has 1 heterocycles. The van der Waals surface area contributed by atoms with Crippen LogP contribution in [-0.2, 0) is 13.0 Å². The minimum atomic E-state index is -0.310. The molecule has 4 rings (SSSR count). The van der Waals surface area contributed by atoms with Gasteiger partial charge in [-0.1, -0.05) is 53.9 Å². The van der Waals surface area contributed by atoms with Crippen LogP contribution in [0, 0.1) is 12.7 Å². The Morgan fingerprint density at radius 2 is 1.85 bits per heavy atom. The molecule has 33 heavy (non-hydrogen) atoms. The summed E-state index contributed by atoms with van der Waals surface area (Å²) in [6.07, 6.45) is 3.54. The zero-order valence-electron chi connectivity index (χ0n) is 18.7. The first-order chi connectivity index (χ1) is 16.0. The lowest BCUT2D eigenvalue weighted by molar-refractivity contribution is 0.0953. The fourth-order valence-electron chi connectivity index (χ4n) is 4.01. The van der Waals surface area contributed by atoms with Crippen molar-refractivity contribution in [1.82, 2.24) is 14.9 Å². The largest absolute Gasteiger partial charge is 0.352 e. The summed E-state index contributed by atoms with van der Waals surface area (Å²) in [5.41, 5.74) is 4.10. The van der Waals surface area contributed by atoms with E-state index in [0.717, 1.165) is 48.1 Å². The van der Waals surface area contributed by atoms with Crippen LogP contribution in [0.4, 0.5) is 4.39 Å². The predicted octanol–water partition coefficient (Wildman–Crippen LogP) is 6.33. The summed E-state index contributed by atoms with van der Waals surface area (Å²) in [6, 6.07) is 20.2. The number of halogens is 2. The summed E-state index contributed by atoms with van der Waals surface area (Å²) in [5.74, 6) is 0.567. The average molecular weight is 464 g/mol. The molecule has 3 aromatic carbocycles. The van der Waals surface area contributed by atoms with Crippen LogP contribution in [-0.4, -0.2) is 22.0 Å². The number of hydrogen-bond acceptors (Lipinski definition) is 2. The van der Waals surface area contributed by atoms with Crippen molar-refractivity contribution < 1.29 is 9.18 Å². The molecule has 0 aliphatic carbocycles. The first kappa shape index (κ1) is 23.0. The molecule has 0 radical (unpaired) electrons. The van der Waals surface area contributed by atoms with Crippen molar-refractivity contribution >= 4 is 28.5 Å². The third-order valence-electron chi connectivity index (χ3n) is 5.75. The van der Waals surface area contributed by atoms with Gasteiger partial charge < -0.3 is 9.88 Å². The maximum Gasteiger partial charge on any atom is 0.251 e. The van der Waals surface area contributed by atoms with Crippen molar-refractivity contribution in [3.8, 4) is 0 Å². The van der Waals surface area contributed by atoms with Crippen LogP contribution >= 0.6 is 11.6 Å². The number of carbonyl (C=O) groups excluding carboxylic acids is 1. The zero-order chi connectivity index (χ0) is 23.2. The van der Waals surface area contributed by atoms with Crippen molar-refractivity contribution in [1.29, 1.82) is 0 Å². The smallest absolute Gasteiger partial charge is 0.251 e. The molecular weight excluding hydrogens is 437 g/mol. The predicted molar refractivity (Wildman–Crippen MR) is 131 cm³/mol. The van der Waals surface area contributed by atoms with E-state index in [2.05, 4.69) is 9.88 Å². The topological polar surface area (TPSA) is 46.9 Å². The highest BCUT2D eigenvalue weighted by molar-refractivity contribution is 6.31. The summed E-state index contributed by atoms with van der Waals surface area (Å²) >= 11 is 6.28. The number of aryl methyl sites for hydroxylation is 2. The third kappa shape index (κ3) is 5.60. The van der Waals surface area contributed by atoms with E-state index >= 15 is 0 Å². The number of rotatable bonds is 9. The number of unbranched alkanes of at least 4 members (excludes halogenated alkanes) is 2. The molecule has 4 nitrogen and oxygen atoms in total. The number of nitrogens with zero attached hydrogens (tertiary/aromatic N) is 2. The summed E-state index contributed by atoms with van der Waals surface area (Å²) in [5, 5.41) is 3.41. The Balaban J connectivity index is 1.36. The quantitative estimate of drug-likeness (QED) is 0.295. The first-order valence-corrected chi connectivity index (χ1v) is 11.6. The van der Waals surface area contributed by atoms with Gasteiger partial charge in [-0.25, -0.2) is 9.37 Å². The van der Waals surface area contributed by atoms with Crippen molar-refractivity contribution in [2.75, 3.05) is 6.54 Å². The molecule has 0 saturated carbocycles. The Morgan fingerprint density at radius 3 is 2.67 bits per heavy atom. The van der Waals surface area contributed by atoms with Crippen molar-refractivity contribution in [2.45, 2.75) is 39.2 Å². The summed E-state index contributed by atoms with van der Waals surface area (Å²) < 4.78 is 16.5. The number of nitrogens with one attached hydrogen (secondary N) is 1. The second-order valence-electron chi connectivity index (χ2n) is 8.24. The molecular formula is C27H27ClFN3O. The number of amides is 1. The van der Waals surface area contributed by atoms with Crippen LogP contribution in [0.25, 0.3) is 11.0 Å². The Labute approximate surface area is 198 Å². The van der Waals surface area contributed by atoms with Crippen LogP contribution in [0.15, 0.2) is 66.7 Å². The molecule has 0 aliphatic heterocycles. The van der Waals surface area contributed by atoms with E-state index in [9.17, 15) is 9.18 Å². The van der Waals surface area contributed by atoms with Crippen LogP contribution < -0.4 is 5.32 Å². The van der Waals surface area contributed by atoms with E-state index in [1.54, 1.807) is 12.1 Å². The molecule has 6 heteroatoms. The van der Waals surface area contributed by atoms with Gasteiger partial charge in [0, 0.05) is 29.1 Å². The van der Waals surface area contributed by atoms with Gasteiger partial charge in [0.25, 0.3) is 5.91 Å². The van der Waals surface area contributed by atoms with Crippen molar-refractivity contribution in [3.63, 3.8) is 0 Å². The van der Waals surface area contributed by atoms with Crippen molar-refractivity contribution in [3.05, 3.63) is 100 Å². The summed E-state index contributed by atoms with van der Waals surface area (Å²) in [7, 11) is 0. The van der Waals surface area contributed by atoms with Gasteiger partial charge in [-0.2, -0.15) is 0 Å². The first-order valence-electron chi connectivity index (χ1n) is 11.2. The normalized spacial score (nSPS) is 11.1. The minimum Gasteiger partial charge on any atom is -0.352 e. The number of benzene rings is 3. The third-order valence-corrected chi connectivity index (χ3v) is 6.11. The van der Waals surface area contributed by atoms with E-state index in [-0.39, 0.29) is 11.7 Å². The Bertz CT molecular complexity index is 1250. The van der Waals surface area contributed by atoms with Gasteiger partial charge in [-0.3, -0.25) is 4.79 Å². The zero-order valence-corrected chi connectivity index (χ0v) is 19.4. The summed E-state index contributed by atoms with van der Waals surface area (Å²) in [6.45, 7) is 2.95. The number of aromatic nitrogens is 2. The maximum atomic E-state index is 14.4. The number of imidazole rings is 1. The lowest BCUT2D eigenvalue weighted by atomic mass is 10.1. The van der Waals surface area contributed by atoms with Gasteiger partial charge in [0.2, 0.25) is 0 Å². The molecule has 4 aromatic rings. The van der Waals surface area contributed by atoms with Gasteiger partial charge in [0.05, 0.1) is 17.6 Å². The molecule has 0 fully saturated rings. The highest BCUT2D eigenvalue weighted by Crippen LogP contribution is 2.24. The molecule has 1 N–H and O–H groups in total. The molecule has 0 bridgehead atoms. The van der Waals surface area contributed by atoms with Gasteiger partial charge >= 0.3 is 0 Å². The molecule has 0 atom stereocenters. The van der Waals surface area contributed by atoms with Gasteiger partial charge in [-0.15, -0.1) is 0 Å². The van der Waals surface area contributed by atoms with E-state index in [0.29, 0.717) is 29.2 Å². The molecule has 1 amide bonds. The van der Waals surface area contributed by atoms with Crippen LogP contribution in [0.5, 0.6) is 0 Å². The minimum absolute atomic E-state index is 0.0396. The number of carbonyl (C=O) groups is 1. The van der Waals surface area contributed by atoms with Gasteiger partial charge in [0.15, 0.2) is 0 Å². The lowest BCUT2D eigenvalue weighted by Gasteiger charge is -2.12. The van der Waals surface area contributed by atoms with E-state index in [4.69, 9.17) is 16.6 Å². The molecule has 170 valence electrons. The van der Waals surface area contributed by atoms with Gasteiger partial charge in [0.1, 0.15) is 11.6 Å². The fourth-order valence-corrected chi connectivity index (χ4v) is 4.23. The SMILES string of the molecule is Cc1cccc(C(=O)NCCCCCc2nc3ccccc3n2Cc2c(F)cccc2Cl)c1. The van der Waals surface area contributed by atoms with Crippen molar-refractivity contribution in [2.24, 2.45) is 0 Å². The molecule has 1 aromatic heterocycles. The molecule has 0 aliphatic rings.